The van der Waals surface area contributed by atoms with Crippen molar-refractivity contribution in [3.05, 3.63) is 23.8 Å². The molecule has 0 aromatic heterocycles. The molecule has 0 heterocycles. The van der Waals surface area contributed by atoms with Gasteiger partial charge in [-0.3, -0.25) is 4.79 Å². The first-order valence-electron chi connectivity index (χ1n) is 5.44. The minimum Gasteiger partial charge on any atom is -0.507 e. The van der Waals surface area contributed by atoms with Gasteiger partial charge in [0, 0.05) is 0 Å². The Bertz CT molecular complexity index is 445. The van der Waals surface area contributed by atoms with Crippen molar-refractivity contribution in [2.45, 2.75) is 26.4 Å². The van der Waals surface area contributed by atoms with Crippen molar-refractivity contribution in [3.8, 4) is 11.5 Å². The monoisotopic (exact) mass is 252 g/mol. The van der Waals surface area contributed by atoms with E-state index in [0.29, 0.717) is 12.0 Å². The number of hydrogen-bond donors (Lipinski definition) is 1. The maximum Gasteiger partial charge on any atom is 0.344 e. The summed E-state index contributed by atoms with van der Waals surface area (Å²) >= 11 is 0. The normalized spacial score (nSPS) is 10.8. The SMILES string of the molecule is CC(C)(C)OC(=O)COc1ccc(O)c(C=O)c1. The number of benzene rings is 1. The molecule has 0 atom stereocenters. The second-order valence-electron chi connectivity index (χ2n) is 4.71. The first-order valence-corrected chi connectivity index (χ1v) is 5.44. The van der Waals surface area contributed by atoms with E-state index >= 15 is 0 Å². The maximum atomic E-state index is 11.4. The largest absolute Gasteiger partial charge is 0.507 e. The molecule has 0 amide bonds. The summed E-state index contributed by atoms with van der Waals surface area (Å²) in [5.41, 5.74) is -0.458. The van der Waals surface area contributed by atoms with Gasteiger partial charge in [0.1, 0.15) is 17.1 Å². The molecule has 5 heteroatoms. The zero-order chi connectivity index (χ0) is 13.8. The van der Waals surface area contributed by atoms with Gasteiger partial charge in [0.25, 0.3) is 0 Å². The fourth-order valence-corrected chi connectivity index (χ4v) is 1.23. The lowest BCUT2D eigenvalue weighted by atomic mass is 10.2. The number of phenolic OH excluding ortho intramolecular Hbond substituents is 1. The summed E-state index contributed by atoms with van der Waals surface area (Å²) in [5.74, 6) is -0.307. The highest BCUT2D eigenvalue weighted by molar-refractivity contribution is 5.80. The maximum absolute atomic E-state index is 11.4. The van der Waals surface area contributed by atoms with Crippen molar-refractivity contribution in [1.82, 2.24) is 0 Å². The van der Waals surface area contributed by atoms with Gasteiger partial charge in [-0.1, -0.05) is 0 Å². The van der Waals surface area contributed by atoms with E-state index in [1.807, 2.05) is 0 Å². The summed E-state index contributed by atoms with van der Waals surface area (Å²) in [6.07, 6.45) is 0.510. The molecule has 5 nitrogen and oxygen atoms in total. The van der Waals surface area contributed by atoms with Gasteiger partial charge in [-0.05, 0) is 39.0 Å². The molecular weight excluding hydrogens is 236 g/mol. The predicted molar refractivity (Wildman–Crippen MR) is 64.8 cm³/mol. The van der Waals surface area contributed by atoms with Gasteiger partial charge in [-0.2, -0.15) is 0 Å². The van der Waals surface area contributed by atoms with Gasteiger partial charge in [0.2, 0.25) is 0 Å². The molecule has 0 aliphatic carbocycles. The molecule has 0 radical (unpaired) electrons. The highest BCUT2D eigenvalue weighted by Crippen LogP contribution is 2.21. The number of aldehydes is 1. The van der Waals surface area contributed by atoms with E-state index in [4.69, 9.17) is 9.47 Å². The Balaban J connectivity index is 2.59. The van der Waals surface area contributed by atoms with Crippen LogP contribution in [0.3, 0.4) is 0 Å². The molecule has 0 unspecified atom stereocenters. The standard InChI is InChI=1S/C13H16O5/c1-13(2,3)18-12(16)8-17-10-4-5-11(15)9(6-10)7-14/h4-7,15H,8H2,1-3H3. The van der Waals surface area contributed by atoms with Crippen molar-refractivity contribution in [2.24, 2.45) is 0 Å². The number of esters is 1. The summed E-state index contributed by atoms with van der Waals surface area (Å²) in [6.45, 7) is 5.03. The molecule has 1 rings (SSSR count). The average Bonchev–Trinajstić information content (AvgIpc) is 2.25. The first-order chi connectivity index (χ1) is 8.31. The highest BCUT2D eigenvalue weighted by Gasteiger charge is 2.16. The fraction of sp³-hybridized carbons (Fsp3) is 0.385. The molecule has 0 aliphatic heterocycles. The summed E-state index contributed by atoms with van der Waals surface area (Å²) in [6, 6.07) is 4.15. The number of carbonyl (C=O) groups excluding carboxylic acids is 2. The van der Waals surface area contributed by atoms with E-state index in [9.17, 15) is 14.7 Å². The van der Waals surface area contributed by atoms with Gasteiger partial charge in [0.15, 0.2) is 12.9 Å². The summed E-state index contributed by atoms with van der Waals surface area (Å²) in [7, 11) is 0. The second kappa shape index (κ2) is 5.53. The number of aromatic hydroxyl groups is 1. The van der Waals surface area contributed by atoms with Gasteiger partial charge < -0.3 is 14.6 Å². The molecule has 18 heavy (non-hydrogen) atoms. The average molecular weight is 252 g/mol. The molecule has 0 saturated heterocycles. The van der Waals surface area contributed by atoms with E-state index in [1.54, 1.807) is 20.8 Å². The third kappa shape index (κ3) is 4.45. The Morgan fingerprint density at radius 3 is 2.61 bits per heavy atom. The lowest BCUT2D eigenvalue weighted by Crippen LogP contribution is -2.27. The molecule has 0 saturated carbocycles. The topological polar surface area (TPSA) is 72.8 Å². The van der Waals surface area contributed by atoms with Crippen molar-refractivity contribution >= 4 is 12.3 Å². The van der Waals surface area contributed by atoms with Crippen LogP contribution in [0.2, 0.25) is 0 Å². The van der Waals surface area contributed by atoms with Crippen LogP contribution < -0.4 is 4.74 Å². The zero-order valence-electron chi connectivity index (χ0n) is 10.6. The van der Waals surface area contributed by atoms with Crippen LogP contribution in [-0.4, -0.2) is 29.6 Å². The number of ether oxygens (including phenoxy) is 2. The fourth-order valence-electron chi connectivity index (χ4n) is 1.23. The summed E-state index contributed by atoms with van der Waals surface area (Å²) in [5, 5.41) is 9.29. The van der Waals surface area contributed by atoms with Crippen LogP contribution in [0.25, 0.3) is 0 Å². The van der Waals surface area contributed by atoms with Gasteiger partial charge in [0.05, 0.1) is 5.56 Å². The van der Waals surface area contributed by atoms with E-state index in [2.05, 4.69) is 0 Å². The van der Waals surface area contributed by atoms with E-state index < -0.39 is 11.6 Å². The summed E-state index contributed by atoms with van der Waals surface area (Å²) in [4.78, 5) is 22.0. The quantitative estimate of drug-likeness (QED) is 0.654. The summed E-state index contributed by atoms with van der Waals surface area (Å²) < 4.78 is 10.2. The molecule has 1 aromatic rings. The molecule has 0 fully saturated rings. The molecule has 0 spiro atoms. The van der Waals surface area contributed by atoms with E-state index in [0.717, 1.165) is 0 Å². The molecule has 98 valence electrons. The van der Waals surface area contributed by atoms with Gasteiger partial charge >= 0.3 is 5.97 Å². The zero-order valence-corrected chi connectivity index (χ0v) is 10.6. The van der Waals surface area contributed by atoms with Crippen molar-refractivity contribution < 1.29 is 24.2 Å². The van der Waals surface area contributed by atoms with Crippen LogP contribution in [0.1, 0.15) is 31.1 Å². The van der Waals surface area contributed by atoms with Crippen LogP contribution in [0.15, 0.2) is 18.2 Å². The minimum absolute atomic E-state index is 0.108. The van der Waals surface area contributed by atoms with Crippen LogP contribution >= 0.6 is 0 Å². The smallest absolute Gasteiger partial charge is 0.344 e. The third-order valence-corrected chi connectivity index (χ3v) is 1.90. The van der Waals surface area contributed by atoms with Crippen LogP contribution in [-0.2, 0) is 9.53 Å². The third-order valence-electron chi connectivity index (χ3n) is 1.90. The van der Waals surface area contributed by atoms with Crippen LogP contribution in [0.5, 0.6) is 11.5 Å². The second-order valence-corrected chi connectivity index (χ2v) is 4.71. The highest BCUT2D eigenvalue weighted by atomic mass is 16.6. The van der Waals surface area contributed by atoms with Crippen molar-refractivity contribution in [1.29, 1.82) is 0 Å². The molecule has 0 bridgehead atoms. The van der Waals surface area contributed by atoms with Crippen LogP contribution in [0, 0.1) is 0 Å². The Kier molecular flexibility index (Phi) is 4.31. The number of hydrogen-bond acceptors (Lipinski definition) is 5. The number of carbonyl (C=O) groups is 2. The molecule has 1 aromatic carbocycles. The molecule has 0 aliphatic rings. The Labute approximate surface area is 105 Å². The van der Waals surface area contributed by atoms with Crippen LogP contribution in [0.4, 0.5) is 0 Å². The molecular formula is C13H16O5. The Hall–Kier alpha value is -2.04. The predicted octanol–water partition coefficient (Wildman–Crippen LogP) is 1.93. The number of phenols is 1. The number of rotatable bonds is 4. The lowest BCUT2D eigenvalue weighted by molar-refractivity contribution is -0.157. The minimum atomic E-state index is -0.566. The first kappa shape index (κ1) is 14.0. The van der Waals surface area contributed by atoms with Gasteiger partial charge in [-0.25, -0.2) is 4.79 Å². The Morgan fingerprint density at radius 1 is 1.39 bits per heavy atom. The lowest BCUT2D eigenvalue weighted by Gasteiger charge is -2.19. The van der Waals surface area contributed by atoms with Crippen molar-refractivity contribution in [2.75, 3.05) is 6.61 Å². The van der Waals surface area contributed by atoms with E-state index in [1.165, 1.54) is 18.2 Å². The van der Waals surface area contributed by atoms with Crippen molar-refractivity contribution in [3.63, 3.8) is 0 Å². The van der Waals surface area contributed by atoms with Gasteiger partial charge in [-0.15, -0.1) is 0 Å². The van der Waals surface area contributed by atoms with E-state index in [-0.39, 0.29) is 17.9 Å². The Morgan fingerprint density at radius 2 is 2.06 bits per heavy atom. The molecule has 1 N–H and O–H groups in total.